The molecule has 1 rings (SSSR count). The van der Waals surface area contributed by atoms with Crippen LogP contribution in [0.3, 0.4) is 0 Å². The maximum Gasteiger partial charge on any atom is 0.307 e. The lowest BCUT2D eigenvalue weighted by Gasteiger charge is -2.13. The van der Waals surface area contributed by atoms with E-state index in [1.807, 2.05) is 6.92 Å². The van der Waals surface area contributed by atoms with Gasteiger partial charge >= 0.3 is 5.97 Å². The predicted molar refractivity (Wildman–Crippen MR) is 54.9 cm³/mol. The lowest BCUT2D eigenvalue weighted by Crippen LogP contribution is -2.35. The molecule has 3 unspecified atom stereocenters. The third-order valence-corrected chi connectivity index (χ3v) is 2.65. The van der Waals surface area contributed by atoms with Crippen molar-refractivity contribution in [2.45, 2.75) is 32.2 Å². The molecule has 0 heterocycles. The summed E-state index contributed by atoms with van der Waals surface area (Å²) in [6.07, 6.45) is 6.86. The Morgan fingerprint density at radius 3 is 2.67 bits per heavy atom. The number of carboxylic acids is 1. The molecule has 1 fully saturated rings. The monoisotopic (exact) mass is 209 g/mol. The van der Waals surface area contributed by atoms with Crippen LogP contribution in [0, 0.1) is 24.2 Å². The van der Waals surface area contributed by atoms with Crippen LogP contribution in [0.1, 0.15) is 26.2 Å². The van der Waals surface area contributed by atoms with Gasteiger partial charge in [-0.3, -0.25) is 9.59 Å². The van der Waals surface area contributed by atoms with Gasteiger partial charge in [0.2, 0.25) is 5.91 Å². The van der Waals surface area contributed by atoms with E-state index >= 15 is 0 Å². The Hall–Kier alpha value is -1.50. The van der Waals surface area contributed by atoms with E-state index in [0.717, 1.165) is 6.42 Å². The first-order chi connectivity index (χ1) is 7.10. The molecule has 3 atom stereocenters. The lowest BCUT2D eigenvalue weighted by molar-refractivity contribution is -0.140. The van der Waals surface area contributed by atoms with Crippen LogP contribution in [-0.4, -0.2) is 23.0 Å². The summed E-state index contributed by atoms with van der Waals surface area (Å²) in [5.74, 6) is 0.576. The summed E-state index contributed by atoms with van der Waals surface area (Å²) in [6.45, 7) is 1.93. The molecule has 0 aromatic carbocycles. The van der Waals surface area contributed by atoms with Crippen molar-refractivity contribution in [3.63, 3.8) is 0 Å². The van der Waals surface area contributed by atoms with E-state index in [4.69, 9.17) is 11.5 Å². The Morgan fingerprint density at radius 2 is 2.27 bits per heavy atom. The number of hydrogen-bond acceptors (Lipinski definition) is 2. The van der Waals surface area contributed by atoms with E-state index in [1.54, 1.807) is 0 Å². The van der Waals surface area contributed by atoms with Crippen molar-refractivity contribution in [1.82, 2.24) is 5.32 Å². The smallest absolute Gasteiger partial charge is 0.307 e. The quantitative estimate of drug-likeness (QED) is 0.652. The zero-order valence-electron chi connectivity index (χ0n) is 8.69. The van der Waals surface area contributed by atoms with Gasteiger partial charge in [-0.2, -0.15) is 0 Å². The van der Waals surface area contributed by atoms with Gasteiger partial charge < -0.3 is 10.4 Å². The maximum atomic E-state index is 11.5. The number of rotatable bonds is 5. The van der Waals surface area contributed by atoms with Crippen LogP contribution in [0.25, 0.3) is 0 Å². The van der Waals surface area contributed by atoms with Gasteiger partial charge in [0.15, 0.2) is 0 Å². The van der Waals surface area contributed by atoms with Crippen LogP contribution in [0.5, 0.6) is 0 Å². The number of carboxylic acid groups (broad SMARTS) is 1. The number of hydrogen-bond donors (Lipinski definition) is 2. The predicted octanol–water partition coefficient (Wildman–Crippen LogP) is 0.625. The molecular weight excluding hydrogens is 194 g/mol. The second kappa shape index (κ2) is 4.83. The third-order valence-electron chi connectivity index (χ3n) is 2.65. The molecule has 4 nitrogen and oxygen atoms in total. The van der Waals surface area contributed by atoms with Crippen LogP contribution in [0.2, 0.25) is 0 Å². The molecule has 0 radical (unpaired) electrons. The highest BCUT2D eigenvalue weighted by atomic mass is 16.4. The highest BCUT2D eigenvalue weighted by Gasteiger charge is 2.48. The standard InChI is InChI=1S/C11H15NO3/c1-3-5-7(4-2)12-10(13)8-6-9(8)11(14)15/h1,7-9H,4-6H2,2H3,(H,12,13)(H,14,15). The molecule has 1 aliphatic rings. The van der Waals surface area contributed by atoms with Crippen molar-refractivity contribution >= 4 is 11.9 Å². The Morgan fingerprint density at radius 1 is 1.60 bits per heavy atom. The van der Waals surface area contributed by atoms with Crippen molar-refractivity contribution in [2.75, 3.05) is 0 Å². The molecule has 15 heavy (non-hydrogen) atoms. The average Bonchev–Trinajstić information content (AvgIpc) is 2.96. The van der Waals surface area contributed by atoms with Crippen molar-refractivity contribution < 1.29 is 14.7 Å². The number of carbonyl (C=O) groups excluding carboxylic acids is 1. The summed E-state index contributed by atoms with van der Waals surface area (Å²) in [5, 5.41) is 11.4. The van der Waals surface area contributed by atoms with Crippen molar-refractivity contribution in [2.24, 2.45) is 11.8 Å². The summed E-state index contributed by atoms with van der Waals surface area (Å²) >= 11 is 0. The van der Waals surface area contributed by atoms with E-state index in [2.05, 4.69) is 11.2 Å². The SMILES string of the molecule is C#CCC(CC)NC(=O)C1CC1C(=O)O. The Bertz CT molecular complexity index is 305. The molecule has 1 aliphatic carbocycles. The minimum absolute atomic E-state index is 0.0301. The van der Waals surface area contributed by atoms with Crippen molar-refractivity contribution in [1.29, 1.82) is 0 Å². The normalized spacial score (nSPS) is 25.1. The highest BCUT2D eigenvalue weighted by molar-refractivity contribution is 5.89. The third kappa shape index (κ3) is 2.98. The van der Waals surface area contributed by atoms with E-state index in [0.29, 0.717) is 12.8 Å². The fourth-order valence-corrected chi connectivity index (χ4v) is 1.51. The molecule has 0 aliphatic heterocycles. The van der Waals surface area contributed by atoms with Crippen LogP contribution < -0.4 is 5.32 Å². The average molecular weight is 209 g/mol. The van der Waals surface area contributed by atoms with Gasteiger partial charge in [-0.1, -0.05) is 6.92 Å². The first-order valence-corrected chi connectivity index (χ1v) is 5.06. The van der Waals surface area contributed by atoms with Gasteiger partial charge in [-0.05, 0) is 12.8 Å². The van der Waals surface area contributed by atoms with Crippen molar-refractivity contribution in [3.8, 4) is 12.3 Å². The number of carbonyl (C=O) groups is 2. The van der Waals surface area contributed by atoms with Crippen molar-refractivity contribution in [3.05, 3.63) is 0 Å². The molecule has 0 saturated heterocycles. The molecular formula is C11H15NO3. The second-order valence-corrected chi connectivity index (χ2v) is 3.81. The highest BCUT2D eigenvalue weighted by Crippen LogP contribution is 2.38. The zero-order chi connectivity index (χ0) is 11.4. The minimum atomic E-state index is -0.889. The Kier molecular flexibility index (Phi) is 3.73. The molecule has 0 spiro atoms. The molecule has 2 N–H and O–H groups in total. The summed E-state index contributed by atoms with van der Waals surface area (Å²) in [4.78, 5) is 22.1. The molecule has 0 aromatic heterocycles. The van der Waals surface area contributed by atoms with Crippen LogP contribution in [-0.2, 0) is 9.59 Å². The van der Waals surface area contributed by atoms with E-state index in [9.17, 15) is 9.59 Å². The molecule has 4 heteroatoms. The van der Waals surface area contributed by atoms with Gasteiger partial charge in [0.1, 0.15) is 0 Å². The molecule has 1 amide bonds. The summed E-state index contributed by atoms with van der Waals surface area (Å²) < 4.78 is 0. The van der Waals surface area contributed by atoms with Gasteiger partial charge in [0, 0.05) is 12.5 Å². The maximum absolute atomic E-state index is 11.5. The van der Waals surface area contributed by atoms with Gasteiger partial charge in [-0.25, -0.2) is 0 Å². The van der Waals surface area contributed by atoms with Gasteiger partial charge in [0.05, 0.1) is 11.8 Å². The summed E-state index contributed by atoms with van der Waals surface area (Å²) in [7, 11) is 0. The molecule has 82 valence electrons. The number of aliphatic carboxylic acids is 1. The molecule has 0 bridgehead atoms. The lowest BCUT2D eigenvalue weighted by atomic mass is 10.1. The molecule has 0 aromatic rings. The Balaban J connectivity index is 2.37. The first-order valence-electron chi connectivity index (χ1n) is 5.06. The Labute approximate surface area is 89.0 Å². The summed E-state index contributed by atoms with van der Waals surface area (Å²) in [5.41, 5.74) is 0. The summed E-state index contributed by atoms with van der Waals surface area (Å²) in [6, 6.07) is -0.0301. The van der Waals surface area contributed by atoms with E-state index in [-0.39, 0.29) is 17.9 Å². The fourth-order valence-electron chi connectivity index (χ4n) is 1.51. The fraction of sp³-hybridized carbons (Fsp3) is 0.636. The first kappa shape index (κ1) is 11.6. The van der Waals surface area contributed by atoms with Crippen LogP contribution in [0.4, 0.5) is 0 Å². The number of terminal acetylenes is 1. The van der Waals surface area contributed by atoms with E-state index in [1.165, 1.54) is 0 Å². The van der Waals surface area contributed by atoms with E-state index < -0.39 is 11.9 Å². The molecule has 1 saturated carbocycles. The zero-order valence-corrected chi connectivity index (χ0v) is 8.69. The second-order valence-electron chi connectivity index (χ2n) is 3.81. The van der Waals surface area contributed by atoms with Gasteiger partial charge in [-0.15, -0.1) is 12.3 Å². The topological polar surface area (TPSA) is 66.4 Å². The largest absolute Gasteiger partial charge is 0.481 e. The minimum Gasteiger partial charge on any atom is -0.481 e. The number of amides is 1. The van der Waals surface area contributed by atoms with Gasteiger partial charge in [0.25, 0.3) is 0 Å². The van der Waals surface area contributed by atoms with Crippen LogP contribution >= 0.6 is 0 Å². The van der Waals surface area contributed by atoms with Crippen LogP contribution in [0.15, 0.2) is 0 Å². The number of nitrogens with one attached hydrogen (secondary N) is 1.